The van der Waals surface area contributed by atoms with Crippen molar-refractivity contribution < 1.29 is 45.5 Å². The minimum Gasteiger partial charge on any atom is -0.469 e. The molecule has 2 aromatic carbocycles. The van der Waals surface area contributed by atoms with Gasteiger partial charge in [-0.2, -0.15) is 36.4 Å². The fourth-order valence-electron chi connectivity index (χ4n) is 4.66. The number of fused-ring (bicyclic) bond motifs is 1. The molecule has 1 aromatic heterocycles. The van der Waals surface area contributed by atoms with Gasteiger partial charge in [-0.25, -0.2) is 0 Å². The summed E-state index contributed by atoms with van der Waals surface area (Å²) in [7, 11) is 1.26. The summed E-state index contributed by atoms with van der Waals surface area (Å²) < 4.78 is 85.7. The first-order chi connectivity index (χ1) is 20.7. The molecule has 2 amide bonds. The molecule has 44 heavy (non-hydrogen) atoms. The lowest BCUT2D eigenvalue weighted by Gasteiger charge is -2.38. The average molecular weight is 640 g/mol. The Labute approximate surface area is 249 Å². The van der Waals surface area contributed by atoms with Gasteiger partial charge in [0.1, 0.15) is 0 Å². The van der Waals surface area contributed by atoms with E-state index in [1.807, 2.05) is 0 Å². The van der Waals surface area contributed by atoms with E-state index in [-0.39, 0.29) is 36.4 Å². The fourth-order valence-corrected chi connectivity index (χ4v) is 5.59. The number of hydrogen-bond acceptors (Lipinski definition) is 7. The molecule has 0 radical (unpaired) electrons. The molecule has 0 saturated carbocycles. The molecule has 3 aromatic rings. The number of nitrogens with zero attached hydrogens (tertiary/aromatic N) is 4. The Morgan fingerprint density at radius 1 is 1.09 bits per heavy atom. The zero-order chi connectivity index (χ0) is 31.8. The van der Waals surface area contributed by atoms with Crippen molar-refractivity contribution in [2.45, 2.75) is 25.3 Å². The van der Waals surface area contributed by atoms with E-state index in [1.54, 1.807) is 29.2 Å². The number of amidine groups is 1. The van der Waals surface area contributed by atoms with Crippen molar-refractivity contribution in [2.24, 2.45) is 10.9 Å². The van der Waals surface area contributed by atoms with Crippen LogP contribution in [0.25, 0.3) is 17.0 Å². The molecule has 232 valence electrons. The molecule has 2 aliphatic heterocycles. The molecule has 5 rings (SSSR count). The van der Waals surface area contributed by atoms with Crippen LogP contribution in [0.1, 0.15) is 28.7 Å². The Morgan fingerprint density at radius 3 is 2.52 bits per heavy atom. The molecule has 2 aliphatic rings. The molecule has 16 heteroatoms. The van der Waals surface area contributed by atoms with Crippen LogP contribution in [0, 0.1) is 5.92 Å². The van der Waals surface area contributed by atoms with Crippen molar-refractivity contribution in [1.82, 2.24) is 20.0 Å². The third kappa shape index (κ3) is 6.74. The van der Waals surface area contributed by atoms with E-state index >= 15 is 0 Å². The lowest BCUT2D eigenvalue weighted by atomic mass is 10.0. The summed E-state index contributed by atoms with van der Waals surface area (Å²) in [5, 5.41) is 7.79. The molecule has 0 atom stereocenters. The Morgan fingerprint density at radius 2 is 1.84 bits per heavy atom. The first kappa shape index (κ1) is 31.1. The summed E-state index contributed by atoms with van der Waals surface area (Å²) in [6.07, 6.45) is -6.84. The monoisotopic (exact) mass is 639 g/mol. The van der Waals surface area contributed by atoms with E-state index in [1.165, 1.54) is 18.0 Å². The van der Waals surface area contributed by atoms with Crippen LogP contribution in [0.15, 0.2) is 52.5 Å². The minimum atomic E-state index is -5.00. The molecule has 1 N–H and O–H groups in total. The number of carbonyl (C=O) groups is 3. The topological polar surface area (TPSA) is 106 Å². The molecule has 0 unspecified atom stereocenters. The second-order valence-electron chi connectivity index (χ2n) is 10.0. The summed E-state index contributed by atoms with van der Waals surface area (Å²) in [6, 6.07) is 6.41. The lowest BCUT2D eigenvalue weighted by molar-refractivity contribution is -0.144. The highest BCUT2D eigenvalue weighted by atomic mass is 32.2. The van der Waals surface area contributed by atoms with E-state index in [4.69, 9.17) is 0 Å². The van der Waals surface area contributed by atoms with E-state index in [2.05, 4.69) is 20.1 Å². The van der Waals surface area contributed by atoms with Gasteiger partial charge in [-0.15, -0.1) is 0 Å². The lowest BCUT2D eigenvalue weighted by Crippen LogP contribution is -2.55. The summed E-state index contributed by atoms with van der Waals surface area (Å²) in [5.74, 6) is -1.42. The number of rotatable bonds is 7. The van der Waals surface area contributed by atoms with Gasteiger partial charge in [-0.1, -0.05) is 12.1 Å². The van der Waals surface area contributed by atoms with E-state index in [0.29, 0.717) is 45.7 Å². The first-order valence-corrected chi connectivity index (χ1v) is 13.9. The average Bonchev–Trinajstić information content (AvgIpc) is 3.49. The maximum atomic E-state index is 13.6. The number of nitrogens with one attached hydrogen (secondary N) is 1. The van der Waals surface area contributed by atoms with Crippen LogP contribution in [0.3, 0.4) is 0 Å². The van der Waals surface area contributed by atoms with Gasteiger partial charge in [-0.05, 0) is 53.2 Å². The largest absolute Gasteiger partial charge is 0.469 e. The fraction of sp³-hybridized carbons (Fsp3) is 0.321. The molecule has 1 saturated heterocycles. The first-order valence-electron chi connectivity index (χ1n) is 13.1. The van der Waals surface area contributed by atoms with E-state index in [0.717, 1.165) is 17.8 Å². The molecule has 3 heterocycles. The Balaban J connectivity index is 1.24. The van der Waals surface area contributed by atoms with Gasteiger partial charge in [0.2, 0.25) is 5.91 Å². The Hall–Kier alpha value is -4.34. The maximum Gasteiger partial charge on any atom is 0.416 e. The number of hydrogen-bond donors (Lipinski definition) is 1. The number of aromatic nitrogens is 2. The molecular formula is C28H23F6N5O4S. The van der Waals surface area contributed by atoms with Gasteiger partial charge in [0, 0.05) is 25.0 Å². The van der Waals surface area contributed by atoms with Crippen LogP contribution in [-0.2, 0) is 38.0 Å². The summed E-state index contributed by atoms with van der Waals surface area (Å²) in [4.78, 5) is 42.1. The van der Waals surface area contributed by atoms with E-state index < -0.39 is 41.9 Å². The summed E-state index contributed by atoms with van der Waals surface area (Å²) in [5.41, 5.74) is -2.11. The number of likely N-dealkylation sites (tertiary alicyclic amines) is 1. The van der Waals surface area contributed by atoms with Gasteiger partial charge >= 0.3 is 18.3 Å². The second-order valence-corrected chi connectivity index (χ2v) is 11.0. The van der Waals surface area contributed by atoms with Crippen LogP contribution < -0.4 is 5.32 Å². The number of benzene rings is 2. The highest BCUT2D eigenvalue weighted by Crippen LogP contribution is 2.38. The van der Waals surface area contributed by atoms with Crippen LogP contribution in [0.4, 0.5) is 26.3 Å². The molecule has 1 fully saturated rings. The van der Waals surface area contributed by atoms with Crippen LogP contribution in [0.2, 0.25) is 0 Å². The number of ether oxygens (including phenoxy) is 1. The van der Waals surface area contributed by atoms with Crippen molar-refractivity contribution in [1.29, 1.82) is 0 Å². The number of amides is 2. The number of aliphatic imine (C=N–C) groups is 1. The predicted molar refractivity (Wildman–Crippen MR) is 148 cm³/mol. The standard InChI is InChI=1S/C28H23F6N5O4S/c1-43-23(40)6-7-35-24(41)18-12-38(13-18)26-37-25(42)22(44-26)9-15-2-5-21-17(8-15)11-36-39(21)14-16-3-4-19(27(29,30)31)10-20(16)28(32,33)34/h2-5,8-11,18H,6-7,12-14H2,1H3,(H,35,41). The van der Waals surface area contributed by atoms with Crippen LogP contribution >= 0.6 is 11.8 Å². The van der Waals surface area contributed by atoms with Gasteiger partial charge in [0.05, 0.1) is 53.7 Å². The highest BCUT2D eigenvalue weighted by Gasteiger charge is 2.39. The zero-order valence-electron chi connectivity index (χ0n) is 22.8. The molecule has 0 spiro atoms. The maximum absolute atomic E-state index is 13.6. The van der Waals surface area contributed by atoms with Crippen molar-refractivity contribution >= 4 is 51.7 Å². The van der Waals surface area contributed by atoms with Crippen LogP contribution in [0.5, 0.6) is 0 Å². The predicted octanol–water partition coefficient (Wildman–Crippen LogP) is 4.70. The summed E-state index contributed by atoms with van der Waals surface area (Å²) >= 11 is 1.14. The quantitative estimate of drug-likeness (QED) is 0.227. The van der Waals surface area contributed by atoms with Crippen LogP contribution in [-0.4, -0.2) is 64.4 Å². The van der Waals surface area contributed by atoms with E-state index in [9.17, 15) is 40.7 Å². The third-order valence-electron chi connectivity index (χ3n) is 7.01. The van der Waals surface area contributed by atoms with Gasteiger partial charge in [0.15, 0.2) is 5.17 Å². The zero-order valence-corrected chi connectivity index (χ0v) is 23.6. The SMILES string of the molecule is COC(=O)CCNC(=O)C1CN(C2=NC(=O)C(=Cc3ccc4c(cnn4Cc4ccc(C(F)(F)F)cc4C(F)(F)F)c3)S2)C1. The van der Waals surface area contributed by atoms with Gasteiger partial charge in [-0.3, -0.25) is 19.1 Å². The van der Waals surface area contributed by atoms with Crippen molar-refractivity contribution in [3.05, 3.63) is 69.8 Å². The molecular weight excluding hydrogens is 616 g/mol. The Kier molecular flexibility index (Phi) is 8.46. The number of esters is 1. The smallest absolute Gasteiger partial charge is 0.416 e. The molecule has 0 bridgehead atoms. The number of thioether (sulfide) groups is 1. The number of carbonyl (C=O) groups excluding carboxylic acids is 3. The number of halogens is 6. The normalized spacial score (nSPS) is 16.8. The number of alkyl halides is 6. The van der Waals surface area contributed by atoms with Crippen molar-refractivity contribution in [3.63, 3.8) is 0 Å². The third-order valence-corrected chi connectivity index (χ3v) is 8.06. The summed E-state index contributed by atoms with van der Waals surface area (Å²) in [6.45, 7) is 0.464. The molecule has 0 aliphatic carbocycles. The number of methoxy groups -OCH3 is 1. The second kappa shape index (κ2) is 12.0. The van der Waals surface area contributed by atoms with Gasteiger partial charge in [0.25, 0.3) is 5.91 Å². The highest BCUT2D eigenvalue weighted by molar-refractivity contribution is 8.18. The van der Waals surface area contributed by atoms with Crippen molar-refractivity contribution in [2.75, 3.05) is 26.7 Å². The minimum absolute atomic E-state index is 0.0641. The molecule has 9 nitrogen and oxygen atoms in total. The van der Waals surface area contributed by atoms with Gasteiger partial charge < -0.3 is 15.0 Å². The Bertz CT molecular complexity index is 1690. The van der Waals surface area contributed by atoms with Crippen molar-refractivity contribution in [3.8, 4) is 0 Å².